The Hall–Kier alpha value is -0.140. The Morgan fingerprint density at radius 3 is 2.94 bits per heavy atom. The average molecular weight is 273 g/mol. The molecule has 1 aliphatic heterocycles. The third-order valence-electron chi connectivity index (χ3n) is 2.97. The van der Waals surface area contributed by atoms with E-state index in [-0.39, 0.29) is 12.1 Å². The van der Waals surface area contributed by atoms with Gasteiger partial charge in [0.2, 0.25) is 0 Å². The smallest absolute Gasteiger partial charge is 0.0947 e. The summed E-state index contributed by atoms with van der Waals surface area (Å²) in [5, 5.41) is 1.14. The summed E-state index contributed by atoms with van der Waals surface area (Å²) in [4.78, 5) is 5.84. The van der Waals surface area contributed by atoms with Gasteiger partial charge >= 0.3 is 0 Å². The Morgan fingerprint density at radius 1 is 1.59 bits per heavy atom. The maximum atomic E-state index is 5.75. The normalized spacial score (nSPS) is 22.6. The molecule has 1 fully saturated rings. The minimum Gasteiger partial charge on any atom is -0.375 e. The lowest BCUT2D eigenvalue weighted by atomic mass is 10.1. The largest absolute Gasteiger partial charge is 0.375 e. The first-order valence-corrected chi connectivity index (χ1v) is 7.76. The van der Waals surface area contributed by atoms with Crippen LogP contribution < -0.4 is 11.3 Å². The Bertz CT molecular complexity index is 344. The van der Waals surface area contributed by atoms with E-state index in [0.717, 1.165) is 35.2 Å². The lowest BCUT2D eigenvalue weighted by Gasteiger charge is -2.29. The van der Waals surface area contributed by atoms with Gasteiger partial charge in [0.05, 0.1) is 29.5 Å². The molecule has 0 radical (unpaired) electrons. The molecule has 2 unspecified atom stereocenters. The van der Waals surface area contributed by atoms with Crippen molar-refractivity contribution in [1.82, 2.24) is 10.4 Å². The molecule has 2 atom stereocenters. The topological polar surface area (TPSA) is 60.2 Å². The molecule has 0 bridgehead atoms. The number of thioether (sulfide) groups is 1. The third-order valence-corrected chi connectivity index (χ3v) is 5.09. The van der Waals surface area contributed by atoms with Crippen LogP contribution in [0.4, 0.5) is 0 Å². The van der Waals surface area contributed by atoms with Crippen LogP contribution >= 0.6 is 23.1 Å². The number of nitrogens with zero attached hydrogens (tertiary/aromatic N) is 1. The van der Waals surface area contributed by atoms with E-state index in [2.05, 4.69) is 17.3 Å². The number of nitrogens with one attached hydrogen (secondary N) is 1. The number of nitrogens with two attached hydrogens (primary N) is 1. The molecule has 4 nitrogen and oxygen atoms in total. The molecule has 6 heteroatoms. The number of rotatable bonds is 4. The van der Waals surface area contributed by atoms with Crippen LogP contribution in [-0.2, 0) is 11.2 Å². The fraction of sp³-hybridized carbons (Fsp3) is 0.727. The van der Waals surface area contributed by atoms with Crippen LogP contribution in [0.2, 0.25) is 0 Å². The maximum Gasteiger partial charge on any atom is 0.0947 e. The van der Waals surface area contributed by atoms with Gasteiger partial charge in [-0.05, 0) is 13.8 Å². The fourth-order valence-corrected chi connectivity index (χ4v) is 3.78. The van der Waals surface area contributed by atoms with Gasteiger partial charge in [0.1, 0.15) is 0 Å². The van der Waals surface area contributed by atoms with Crippen molar-refractivity contribution in [3.8, 4) is 0 Å². The van der Waals surface area contributed by atoms with E-state index < -0.39 is 0 Å². The van der Waals surface area contributed by atoms with Crippen LogP contribution in [0, 0.1) is 13.8 Å². The summed E-state index contributed by atoms with van der Waals surface area (Å²) in [6, 6.07) is 0.160. The van der Waals surface area contributed by atoms with Gasteiger partial charge in [-0.2, -0.15) is 11.8 Å². The highest BCUT2D eigenvalue weighted by molar-refractivity contribution is 7.99. The van der Waals surface area contributed by atoms with Crippen molar-refractivity contribution in [2.45, 2.75) is 32.4 Å². The number of ether oxygens (including phenoxy) is 1. The molecular weight excluding hydrogens is 254 g/mol. The van der Waals surface area contributed by atoms with Crippen LogP contribution in [0.1, 0.15) is 15.6 Å². The summed E-state index contributed by atoms with van der Waals surface area (Å²) in [5.74, 6) is 7.73. The van der Waals surface area contributed by atoms with Crippen LogP contribution in [0.3, 0.4) is 0 Å². The molecule has 1 aliphatic rings. The zero-order valence-corrected chi connectivity index (χ0v) is 11.9. The van der Waals surface area contributed by atoms with E-state index in [4.69, 9.17) is 10.6 Å². The Labute approximate surface area is 110 Å². The van der Waals surface area contributed by atoms with Crippen LogP contribution in [0.15, 0.2) is 0 Å². The van der Waals surface area contributed by atoms with E-state index in [1.54, 1.807) is 11.3 Å². The summed E-state index contributed by atoms with van der Waals surface area (Å²) < 4.78 is 5.75. The Kier molecular flexibility index (Phi) is 4.81. The molecule has 96 valence electrons. The molecule has 2 heterocycles. The van der Waals surface area contributed by atoms with Crippen molar-refractivity contribution < 1.29 is 4.74 Å². The predicted molar refractivity (Wildman–Crippen MR) is 73.5 cm³/mol. The second-order valence-electron chi connectivity index (χ2n) is 4.21. The summed E-state index contributed by atoms with van der Waals surface area (Å²) in [6.07, 6.45) is 1.05. The summed E-state index contributed by atoms with van der Waals surface area (Å²) in [7, 11) is 0. The van der Waals surface area contributed by atoms with Gasteiger partial charge in [0.15, 0.2) is 0 Å². The number of aromatic nitrogens is 1. The van der Waals surface area contributed by atoms with E-state index in [0.29, 0.717) is 0 Å². The van der Waals surface area contributed by atoms with Gasteiger partial charge in [-0.3, -0.25) is 11.3 Å². The molecule has 17 heavy (non-hydrogen) atoms. The first-order chi connectivity index (χ1) is 8.20. The lowest BCUT2D eigenvalue weighted by molar-refractivity contribution is 0.0472. The van der Waals surface area contributed by atoms with E-state index >= 15 is 0 Å². The van der Waals surface area contributed by atoms with Gasteiger partial charge in [-0.1, -0.05) is 0 Å². The first kappa shape index (κ1) is 13.3. The average Bonchev–Trinajstić information content (AvgIpc) is 2.67. The molecular formula is C11H19N3OS2. The fourth-order valence-electron chi connectivity index (χ4n) is 1.85. The predicted octanol–water partition coefficient (Wildman–Crippen LogP) is 1.27. The summed E-state index contributed by atoms with van der Waals surface area (Å²) in [5.41, 5.74) is 4.00. The summed E-state index contributed by atoms with van der Waals surface area (Å²) >= 11 is 3.68. The lowest BCUT2D eigenvalue weighted by Crippen LogP contribution is -2.49. The Morgan fingerprint density at radius 2 is 2.41 bits per heavy atom. The second kappa shape index (κ2) is 6.15. The maximum absolute atomic E-state index is 5.75. The molecule has 0 amide bonds. The van der Waals surface area contributed by atoms with Crippen molar-refractivity contribution in [2.75, 3.05) is 18.1 Å². The number of aryl methyl sites for hydroxylation is 2. The standard InChI is InChI=1S/C11H19N3OS2/c1-7-8(2)17-11(13-7)5-9(14-12)10-6-16-4-3-15-10/h9-10,14H,3-6,12H2,1-2H3. The molecule has 2 rings (SSSR count). The van der Waals surface area contributed by atoms with Gasteiger partial charge in [0.25, 0.3) is 0 Å². The van der Waals surface area contributed by atoms with Crippen molar-refractivity contribution >= 4 is 23.1 Å². The molecule has 1 aromatic rings. The number of hydrazine groups is 1. The monoisotopic (exact) mass is 273 g/mol. The Balaban J connectivity index is 1.98. The highest BCUT2D eigenvalue weighted by Crippen LogP contribution is 2.21. The quantitative estimate of drug-likeness (QED) is 0.639. The van der Waals surface area contributed by atoms with E-state index in [1.807, 2.05) is 18.7 Å². The zero-order chi connectivity index (χ0) is 12.3. The highest BCUT2D eigenvalue weighted by atomic mass is 32.2. The first-order valence-electron chi connectivity index (χ1n) is 5.79. The minimum absolute atomic E-state index is 0.160. The SMILES string of the molecule is Cc1nc(CC(NN)C2CSCCO2)sc1C. The number of hydrogen-bond donors (Lipinski definition) is 2. The minimum atomic E-state index is 0.160. The molecule has 0 aliphatic carbocycles. The van der Waals surface area contributed by atoms with E-state index in [9.17, 15) is 0 Å². The molecule has 1 saturated heterocycles. The molecule has 0 aromatic carbocycles. The van der Waals surface area contributed by atoms with Crippen LogP contribution in [0.25, 0.3) is 0 Å². The highest BCUT2D eigenvalue weighted by Gasteiger charge is 2.25. The second-order valence-corrected chi connectivity index (χ2v) is 6.65. The van der Waals surface area contributed by atoms with E-state index in [1.165, 1.54) is 4.88 Å². The number of thiazole rings is 1. The molecule has 1 aromatic heterocycles. The van der Waals surface area contributed by atoms with Crippen molar-refractivity contribution in [2.24, 2.45) is 5.84 Å². The van der Waals surface area contributed by atoms with Crippen molar-refractivity contribution in [3.63, 3.8) is 0 Å². The number of hydrogen-bond acceptors (Lipinski definition) is 6. The zero-order valence-electron chi connectivity index (χ0n) is 10.2. The van der Waals surface area contributed by atoms with Gasteiger partial charge < -0.3 is 4.74 Å². The van der Waals surface area contributed by atoms with Crippen molar-refractivity contribution in [1.29, 1.82) is 0 Å². The van der Waals surface area contributed by atoms with Gasteiger partial charge in [-0.25, -0.2) is 4.98 Å². The molecule has 3 N–H and O–H groups in total. The van der Waals surface area contributed by atoms with Crippen molar-refractivity contribution in [3.05, 3.63) is 15.6 Å². The third kappa shape index (κ3) is 3.42. The molecule has 0 spiro atoms. The summed E-state index contributed by atoms with van der Waals surface area (Å²) in [6.45, 7) is 4.98. The van der Waals surface area contributed by atoms with Crippen LogP contribution in [-0.4, -0.2) is 35.2 Å². The van der Waals surface area contributed by atoms with Crippen LogP contribution in [0.5, 0.6) is 0 Å². The van der Waals surface area contributed by atoms with Gasteiger partial charge in [-0.15, -0.1) is 11.3 Å². The molecule has 0 saturated carbocycles. The van der Waals surface area contributed by atoms with Gasteiger partial charge in [0, 0.05) is 22.8 Å².